The number of nitrogens with one attached hydrogen (secondary N) is 1. The van der Waals surface area contributed by atoms with E-state index < -0.39 is 0 Å². The highest BCUT2D eigenvalue weighted by Crippen LogP contribution is 2.23. The van der Waals surface area contributed by atoms with Gasteiger partial charge in [0.05, 0.1) is 6.42 Å². The first-order valence-electron chi connectivity index (χ1n) is 8.95. The van der Waals surface area contributed by atoms with Crippen LogP contribution in [-0.2, 0) is 17.8 Å². The second-order valence-corrected chi connectivity index (χ2v) is 6.94. The number of carbonyl (C=O) groups excluding carboxylic acids is 1. The zero-order valence-corrected chi connectivity index (χ0v) is 14.7. The molecule has 1 N–H and O–H groups in total. The summed E-state index contributed by atoms with van der Waals surface area (Å²) in [5.74, 6) is 0.409. The maximum atomic E-state index is 12.9. The number of amides is 1. The van der Waals surface area contributed by atoms with E-state index in [1.54, 1.807) is 12.1 Å². The van der Waals surface area contributed by atoms with Crippen LogP contribution < -0.4 is 10.2 Å². The molecule has 1 aliphatic rings. The molecule has 1 atom stereocenters. The average molecular weight is 340 g/mol. The lowest BCUT2D eigenvalue weighted by Crippen LogP contribution is -2.34. The Morgan fingerprint density at radius 2 is 1.80 bits per heavy atom. The Labute approximate surface area is 148 Å². The van der Waals surface area contributed by atoms with E-state index in [2.05, 4.69) is 41.4 Å². The maximum Gasteiger partial charge on any atom is 0.224 e. The summed E-state index contributed by atoms with van der Waals surface area (Å²) in [5, 5.41) is 2.92. The summed E-state index contributed by atoms with van der Waals surface area (Å²) >= 11 is 0. The summed E-state index contributed by atoms with van der Waals surface area (Å²) < 4.78 is 12.9. The number of piperidine rings is 1. The van der Waals surface area contributed by atoms with E-state index in [1.165, 1.54) is 30.7 Å². The Hall–Kier alpha value is -2.36. The van der Waals surface area contributed by atoms with Gasteiger partial charge >= 0.3 is 0 Å². The van der Waals surface area contributed by atoms with Crippen molar-refractivity contribution in [1.82, 2.24) is 5.32 Å². The second kappa shape index (κ2) is 8.15. The van der Waals surface area contributed by atoms with Crippen LogP contribution in [0.2, 0.25) is 0 Å². The summed E-state index contributed by atoms with van der Waals surface area (Å²) in [6.45, 7) is 5.06. The largest absolute Gasteiger partial charge is 0.371 e. The van der Waals surface area contributed by atoms with E-state index in [1.807, 2.05) is 0 Å². The number of carbonyl (C=O) groups is 1. The number of halogens is 1. The molecule has 0 aromatic heterocycles. The molecule has 1 saturated heterocycles. The molecule has 1 heterocycles. The van der Waals surface area contributed by atoms with Gasteiger partial charge < -0.3 is 10.2 Å². The first kappa shape index (κ1) is 17.5. The Kier molecular flexibility index (Phi) is 5.69. The first-order chi connectivity index (χ1) is 12.1. The quantitative estimate of drug-likeness (QED) is 0.895. The SMILES string of the molecule is C[C@@H]1CCCN(c2ccc(CNC(=O)Cc3ccc(F)cc3)cc2)C1. The third-order valence-electron chi connectivity index (χ3n) is 4.73. The summed E-state index contributed by atoms with van der Waals surface area (Å²) in [4.78, 5) is 14.4. The molecule has 1 aliphatic heterocycles. The second-order valence-electron chi connectivity index (χ2n) is 6.94. The highest BCUT2D eigenvalue weighted by atomic mass is 19.1. The van der Waals surface area contributed by atoms with Crippen molar-refractivity contribution in [1.29, 1.82) is 0 Å². The molecule has 1 fully saturated rings. The highest BCUT2D eigenvalue weighted by molar-refractivity contribution is 5.78. The van der Waals surface area contributed by atoms with Crippen molar-refractivity contribution in [2.45, 2.75) is 32.7 Å². The zero-order valence-electron chi connectivity index (χ0n) is 14.7. The van der Waals surface area contributed by atoms with Gasteiger partial charge in [0.25, 0.3) is 0 Å². The minimum atomic E-state index is -0.285. The first-order valence-corrected chi connectivity index (χ1v) is 8.95. The van der Waals surface area contributed by atoms with Crippen LogP contribution in [0.15, 0.2) is 48.5 Å². The fraction of sp³-hybridized carbons (Fsp3) is 0.381. The predicted molar refractivity (Wildman–Crippen MR) is 99.0 cm³/mol. The molecular weight excluding hydrogens is 315 g/mol. The number of anilines is 1. The molecule has 4 heteroatoms. The Morgan fingerprint density at radius 1 is 1.12 bits per heavy atom. The number of benzene rings is 2. The van der Waals surface area contributed by atoms with Crippen LogP contribution in [0.1, 0.15) is 30.9 Å². The molecule has 0 bridgehead atoms. The van der Waals surface area contributed by atoms with Crippen molar-refractivity contribution < 1.29 is 9.18 Å². The average Bonchev–Trinajstić information content (AvgIpc) is 2.62. The van der Waals surface area contributed by atoms with Gasteiger partial charge in [0.1, 0.15) is 5.82 Å². The maximum absolute atomic E-state index is 12.9. The van der Waals surface area contributed by atoms with E-state index in [0.29, 0.717) is 6.54 Å². The number of nitrogens with zero attached hydrogens (tertiary/aromatic N) is 1. The summed E-state index contributed by atoms with van der Waals surface area (Å²) in [5.41, 5.74) is 3.16. The molecule has 0 spiro atoms. The Morgan fingerprint density at radius 3 is 2.48 bits per heavy atom. The number of hydrogen-bond donors (Lipinski definition) is 1. The van der Waals surface area contributed by atoms with Gasteiger partial charge in [0, 0.05) is 25.3 Å². The van der Waals surface area contributed by atoms with Gasteiger partial charge in [-0.05, 0) is 54.2 Å². The lowest BCUT2D eigenvalue weighted by Gasteiger charge is -2.32. The van der Waals surface area contributed by atoms with Crippen molar-refractivity contribution in [2.75, 3.05) is 18.0 Å². The van der Waals surface area contributed by atoms with Gasteiger partial charge in [0.15, 0.2) is 0 Å². The van der Waals surface area contributed by atoms with E-state index in [9.17, 15) is 9.18 Å². The minimum Gasteiger partial charge on any atom is -0.371 e. The van der Waals surface area contributed by atoms with Crippen LogP contribution in [-0.4, -0.2) is 19.0 Å². The van der Waals surface area contributed by atoms with Crippen molar-refractivity contribution in [3.63, 3.8) is 0 Å². The molecular formula is C21H25FN2O. The Bertz CT molecular complexity index is 697. The molecule has 2 aromatic carbocycles. The van der Waals surface area contributed by atoms with Crippen LogP contribution in [0.25, 0.3) is 0 Å². The summed E-state index contributed by atoms with van der Waals surface area (Å²) in [7, 11) is 0. The van der Waals surface area contributed by atoms with Crippen molar-refractivity contribution in [3.05, 3.63) is 65.5 Å². The lowest BCUT2D eigenvalue weighted by molar-refractivity contribution is -0.120. The highest BCUT2D eigenvalue weighted by Gasteiger charge is 2.16. The number of rotatable bonds is 5. The van der Waals surface area contributed by atoms with Gasteiger partial charge in [-0.1, -0.05) is 31.2 Å². The molecule has 0 radical (unpaired) electrons. The number of hydrogen-bond acceptors (Lipinski definition) is 2. The van der Waals surface area contributed by atoms with Crippen molar-refractivity contribution in [2.24, 2.45) is 5.92 Å². The fourth-order valence-electron chi connectivity index (χ4n) is 3.30. The minimum absolute atomic E-state index is 0.0551. The normalized spacial score (nSPS) is 17.4. The van der Waals surface area contributed by atoms with Crippen LogP contribution in [0.3, 0.4) is 0 Å². The third kappa shape index (κ3) is 5.05. The van der Waals surface area contributed by atoms with E-state index >= 15 is 0 Å². The van der Waals surface area contributed by atoms with E-state index in [4.69, 9.17) is 0 Å². The van der Waals surface area contributed by atoms with Gasteiger partial charge in [-0.2, -0.15) is 0 Å². The third-order valence-corrected chi connectivity index (χ3v) is 4.73. The van der Waals surface area contributed by atoms with Gasteiger partial charge in [-0.25, -0.2) is 4.39 Å². The lowest BCUT2D eigenvalue weighted by atomic mass is 9.99. The molecule has 3 nitrogen and oxygen atoms in total. The van der Waals surface area contributed by atoms with Gasteiger partial charge in [0.2, 0.25) is 5.91 Å². The van der Waals surface area contributed by atoms with Crippen molar-refractivity contribution in [3.8, 4) is 0 Å². The molecule has 132 valence electrons. The smallest absolute Gasteiger partial charge is 0.224 e. The van der Waals surface area contributed by atoms with Crippen molar-refractivity contribution >= 4 is 11.6 Å². The Balaban J connectivity index is 1.49. The standard InChI is InChI=1S/C21H25FN2O/c1-16-3-2-12-24(15-16)20-10-6-18(7-11-20)14-23-21(25)13-17-4-8-19(22)9-5-17/h4-11,16H,2-3,12-15H2,1H3,(H,23,25)/t16-/m1/s1. The summed E-state index contributed by atoms with van der Waals surface area (Å²) in [6, 6.07) is 14.5. The predicted octanol–water partition coefficient (Wildman–Crippen LogP) is 3.92. The molecule has 2 aromatic rings. The van der Waals surface area contributed by atoms with Gasteiger partial charge in [-0.3, -0.25) is 4.79 Å². The monoisotopic (exact) mass is 340 g/mol. The van der Waals surface area contributed by atoms with E-state index in [0.717, 1.165) is 30.1 Å². The molecule has 25 heavy (non-hydrogen) atoms. The molecule has 3 rings (SSSR count). The van der Waals surface area contributed by atoms with Crippen LogP contribution in [0.5, 0.6) is 0 Å². The molecule has 1 amide bonds. The van der Waals surface area contributed by atoms with Crippen LogP contribution in [0.4, 0.5) is 10.1 Å². The fourth-order valence-corrected chi connectivity index (χ4v) is 3.30. The summed E-state index contributed by atoms with van der Waals surface area (Å²) in [6.07, 6.45) is 2.83. The molecule has 0 aliphatic carbocycles. The molecule has 0 unspecified atom stereocenters. The van der Waals surface area contributed by atoms with Crippen LogP contribution in [0, 0.1) is 11.7 Å². The van der Waals surface area contributed by atoms with E-state index in [-0.39, 0.29) is 18.1 Å². The molecule has 0 saturated carbocycles. The van der Waals surface area contributed by atoms with Gasteiger partial charge in [-0.15, -0.1) is 0 Å². The topological polar surface area (TPSA) is 32.3 Å². The van der Waals surface area contributed by atoms with Crippen LogP contribution >= 0.6 is 0 Å². The zero-order chi connectivity index (χ0) is 17.6.